The van der Waals surface area contributed by atoms with Gasteiger partial charge in [-0.05, 0) is 141 Å². The van der Waals surface area contributed by atoms with Gasteiger partial charge in [-0.1, -0.05) is 50.2 Å². The van der Waals surface area contributed by atoms with Crippen molar-refractivity contribution in [3.05, 3.63) is 148 Å². The number of aliphatic hydroxyl groups is 1. The normalized spacial score (nSPS) is 21.8. The van der Waals surface area contributed by atoms with Gasteiger partial charge in [0.25, 0.3) is 21.6 Å². The fourth-order valence-electron chi connectivity index (χ4n) is 11.8. The summed E-state index contributed by atoms with van der Waals surface area (Å²) in [7, 11) is -4.59. The number of benzene rings is 4. The van der Waals surface area contributed by atoms with Crippen molar-refractivity contribution in [2.75, 3.05) is 49.5 Å². The van der Waals surface area contributed by atoms with Gasteiger partial charge >= 0.3 is 0 Å². The van der Waals surface area contributed by atoms with E-state index in [4.69, 9.17) is 4.74 Å². The maximum absolute atomic E-state index is 14.1. The van der Waals surface area contributed by atoms with Gasteiger partial charge in [0.1, 0.15) is 28.7 Å². The number of ether oxygens (including phenoxy) is 1. The van der Waals surface area contributed by atoms with Crippen LogP contribution in [0.1, 0.15) is 111 Å². The first kappa shape index (κ1) is 50.1. The number of nitrogens with one attached hydrogen (secondary N) is 3. The van der Waals surface area contributed by atoms with Crippen molar-refractivity contribution < 1.29 is 32.4 Å². The van der Waals surface area contributed by atoms with Crippen molar-refractivity contribution in [2.45, 2.75) is 107 Å². The molecular formula is C56H65FN8O7S. The van der Waals surface area contributed by atoms with E-state index in [1.807, 2.05) is 31.2 Å². The molecule has 73 heavy (non-hydrogen) atoms. The van der Waals surface area contributed by atoms with Gasteiger partial charge in [0.05, 0.1) is 27.2 Å². The average molecular weight is 1010 g/mol. The lowest BCUT2D eigenvalue weighted by molar-refractivity contribution is -0.384. The quantitative estimate of drug-likeness (QED) is 0.0564. The number of fused-ring (bicyclic) bond motifs is 1. The third-order valence-corrected chi connectivity index (χ3v) is 17.4. The standard InChI is InChI=1S/C56H65FN8O7S/c1-37(2)46-6-4-5-7-47(46)51-36-62(35-39-8-10-41(57)11-9-39)26-27-64(51)43-31-56(32-43)21-24-63(25-22-56)42-12-14-48(52(29-42)72-44-28-40-18-23-58-53(40)60-34-44)54(66)61-73(70,71)45-13-15-49(50(30-45)65(68)69)59-33-38-16-19-55(3,67)20-17-38/h4-15,18,23,28-30,34,37-38,43,51,59,67H,16-17,19-22,24-27,31-33,35-36H2,1-3H3,(H,58,60)(H,61,66)/t38?,51-,55?/m1/s1. The summed E-state index contributed by atoms with van der Waals surface area (Å²) in [6, 6.07) is 28.8. The number of nitro groups is 1. The van der Waals surface area contributed by atoms with E-state index in [-0.39, 0.29) is 40.2 Å². The van der Waals surface area contributed by atoms with Gasteiger partial charge in [-0.15, -0.1) is 0 Å². The Balaban J connectivity index is 0.832. The number of piperazine rings is 1. The molecule has 17 heteroatoms. The summed E-state index contributed by atoms with van der Waals surface area (Å²) in [5.41, 5.74) is 4.56. The summed E-state index contributed by atoms with van der Waals surface area (Å²) in [5.74, 6) is -0.114. The molecule has 4 N–H and O–H groups in total. The Morgan fingerprint density at radius 1 is 0.959 bits per heavy atom. The number of sulfonamides is 1. The van der Waals surface area contributed by atoms with Crippen LogP contribution in [0.3, 0.4) is 0 Å². The Morgan fingerprint density at radius 3 is 2.45 bits per heavy atom. The first-order valence-corrected chi connectivity index (χ1v) is 27.1. The van der Waals surface area contributed by atoms with Gasteiger partial charge in [-0.2, -0.15) is 0 Å². The molecular weight excluding hydrogens is 948 g/mol. The molecule has 2 aromatic heterocycles. The first-order valence-electron chi connectivity index (χ1n) is 25.6. The molecule has 2 aliphatic carbocycles. The molecule has 6 aromatic rings. The zero-order chi connectivity index (χ0) is 51.1. The van der Waals surface area contributed by atoms with Crippen LogP contribution in [0.2, 0.25) is 0 Å². The summed E-state index contributed by atoms with van der Waals surface area (Å²) in [6.45, 7) is 11.9. The van der Waals surface area contributed by atoms with Gasteiger partial charge in [-0.25, -0.2) is 22.5 Å². The number of pyridine rings is 1. The zero-order valence-electron chi connectivity index (χ0n) is 41.7. The third kappa shape index (κ3) is 11.1. The maximum Gasteiger partial charge on any atom is 0.293 e. The summed E-state index contributed by atoms with van der Waals surface area (Å²) >= 11 is 0. The number of carbonyl (C=O) groups is 1. The van der Waals surface area contributed by atoms with Crippen LogP contribution in [-0.4, -0.2) is 95.0 Å². The SMILES string of the molecule is CC(C)c1ccccc1[C@H]1CN(Cc2ccc(F)cc2)CCN1C1CC2(CCN(c3ccc(C(=O)NS(=O)(=O)c4ccc(NCC5CCC(C)(O)CC5)c([N+](=O)[O-])c4)c(Oc4cnc5[nH]ccc5c4)c3)CC2)C1. The lowest BCUT2D eigenvalue weighted by Crippen LogP contribution is -2.60. The van der Waals surface area contributed by atoms with Crippen LogP contribution in [0.5, 0.6) is 11.5 Å². The highest BCUT2D eigenvalue weighted by Crippen LogP contribution is 2.53. The molecule has 15 nitrogen and oxygen atoms in total. The van der Waals surface area contributed by atoms with Crippen LogP contribution in [0.25, 0.3) is 11.0 Å². The molecule has 384 valence electrons. The predicted molar refractivity (Wildman–Crippen MR) is 280 cm³/mol. The zero-order valence-corrected chi connectivity index (χ0v) is 42.5. The number of H-pyrrole nitrogens is 1. The van der Waals surface area contributed by atoms with Crippen molar-refractivity contribution in [3.63, 3.8) is 0 Å². The van der Waals surface area contributed by atoms with E-state index in [9.17, 15) is 32.8 Å². The van der Waals surface area contributed by atoms with Gasteiger partial charge in [-0.3, -0.25) is 24.7 Å². The lowest BCUT2D eigenvalue weighted by Gasteiger charge is -2.58. The number of halogens is 1. The van der Waals surface area contributed by atoms with E-state index in [2.05, 4.69) is 72.8 Å². The minimum absolute atomic E-state index is 0.0394. The summed E-state index contributed by atoms with van der Waals surface area (Å²) in [6.07, 6.45) is 10.3. The molecule has 4 heterocycles. The van der Waals surface area contributed by atoms with Crippen molar-refractivity contribution in [1.82, 2.24) is 24.5 Å². The molecule has 4 aliphatic rings. The molecule has 0 bridgehead atoms. The fourth-order valence-corrected chi connectivity index (χ4v) is 12.8. The Bertz CT molecular complexity index is 3080. The highest BCUT2D eigenvalue weighted by molar-refractivity contribution is 7.90. The van der Waals surface area contributed by atoms with E-state index in [0.717, 1.165) is 100 Å². The maximum atomic E-state index is 14.1. The second-order valence-electron chi connectivity index (χ2n) is 21.5. The third-order valence-electron chi connectivity index (χ3n) is 16.1. The van der Waals surface area contributed by atoms with Crippen LogP contribution >= 0.6 is 0 Å². The number of nitrogens with zero attached hydrogens (tertiary/aromatic N) is 5. The Hall–Kier alpha value is -6.40. The van der Waals surface area contributed by atoms with Crippen LogP contribution in [0.4, 0.5) is 21.5 Å². The number of rotatable bonds is 15. The first-order chi connectivity index (χ1) is 35.0. The minimum Gasteiger partial charge on any atom is -0.455 e. The molecule has 0 radical (unpaired) electrons. The van der Waals surface area contributed by atoms with Gasteiger partial charge < -0.3 is 25.0 Å². The van der Waals surface area contributed by atoms with E-state index in [1.54, 1.807) is 36.5 Å². The van der Waals surface area contributed by atoms with Crippen molar-refractivity contribution in [2.24, 2.45) is 11.3 Å². The summed E-state index contributed by atoms with van der Waals surface area (Å²) in [5, 5.41) is 26.5. The topological polar surface area (TPSA) is 186 Å². The van der Waals surface area contributed by atoms with Crippen LogP contribution in [-0.2, 0) is 16.6 Å². The summed E-state index contributed by atoms with van der Waals surface area (Å²) in [4.78, 5) is 40.3. The second kappa shape index (κ2) is 20.5. The lowest BCUT2D eigenvalue weighted by atomic mass is 9.59. The number of hydrogen-bond donors (Lipinski definition) is 4. The number of carbonyl (C=O) groups excluding carboxylic acids is 1. The molecule has 1 atom stereocenters. The number of piperidine rings is 1. The molecule has 10 rings (SSSR count). The van der Waals surface area contributed by atoms with E-state index in [1.165, 1.54) is 29.5 Å². The van der Waals surface area contributed by atoms with Gasteiger partial charge in [0.2, 0.25) is 0 Å². The molecule has 2 aliphatic heterocycles. The molecule has 1 amide bonds. The monoisotopic (exact) mass is 1010 g/mol. The number of anilines is 2. The Labute approximate surface area is 426 Å². The largest absolute Gasteiger partial charge is 0.455 e. The number of aromatic nitrogens is 2. The van der Waals surface area contributed by atoms with E-state index in [0.29, 0.717) is 42.7 Å². The minimum atomic E-state index is -4.59. The molecule has 1 spiro atoms. The number of amides is 1. The molecule has 4 fully saturated rings. The van der Waals surface area contributed by atoms with Crippen molar-refractivity contribution >= 4 is 44.0 Å². The number of nitro benzene ring substituents is 1. The fraction of sp³-hybridized carbons (Fsp3) is 0.429. The van der Waals surface area contributed by atoms with E-state index >= 15 is 0 Å². The highest BCUT2D eigenvalue weighted by atomic mass is 32.2. The Kier molecular flexibility index (Phi) is 14.1. The van der Waals surface area contributed by atoms with Crippen LogP contribution in [0, 0.1) is 27.3 Å². The van der Waals surface area contributed by atoms with Crippen molar-refractivity contribution in [1.29, 1.82) is 0 Å². The van der Waals surface area contributed by atoms with Crippen molar-refractivity contribution in [3.8, 4) is 11.5 Å². The molecule has 4 aromatic carbocycles. The smallest absolute Gasteiger partial charge is 0.293 e. The van der Waals surface area contributed by atoms with Crippen LogP contribution < -0.4 is 19.7 Å². The average Bonchev–Trinajstić information content (AvgIpc) is 3.84. The molecule has 2 saturated carbocycles. The van der Waals surface area contributed by atoms with Gasteiger partial charge in [0, 0.05) is 87.3 Å². The van der Waals surface area contributed by atoms with E-state index < -0.39 is 37.0 Å². The second-order valence-corrected chi connectivity index (χ2v) is 23.2. The van der Waals surface area contributed by atoms with Crippen LogP contribution in [0.15, 0.2) is 114 Å². The number of aromatic amines is 1. The Morgan fingerprint density at radius 2 is 1.71 bits per heavy atom. The van der Waals surface area contributed by atoms with Gasteiger partial charge in [0.15, 0.2) is 0 Å². The predicted octanol–water partition coefficient (Wildman–Crippen LogP) is 10.3. The number of hydrogen-bond acceptors (Lipinski definition) is 12. The highest BCUT2D eigenvalue weighted by Gasteiger charge is 2.50. The molecule has 2 saturated heterocycles. The summed E-state index contributed by atoms with van der Waals surface area (Å²) < 4.78 is 50.0. The molecule has 0 unspecified atom stereocenters.